The predicted octanol–water partition coefficient (Wildman–Crippen LogP) is -0.0180. The molecule has 0 radical (unpaired) electrons. The molecule has 1 saturated heterocycles. The van der Waals surface area contributed by atoms with E-state index in [0.29, 0.717) is 16.7 Å². The average molecular weight is 325 g/mol. The average Bonchev–Trinajstić information content (AvgIpc) is 2.54. The molecule has 1 aromatic heterocycles. The Labute approximate surface area is 129 Å². The van der Waals surface area contributed by atoms with Gasteiger partial charge in [0.15, 0.2) is 6.29 Å². The Morgan fingerprint density at radius 3 is 2.61 bits per heavy atom. The highest BCUT2D eigenvalue weighted by Gasteiger charge is 2.43. The second kappa shape index (κ2) is 6.25. The summed E-state index contributed by atoms with van der Waals surface area (Å²) >= 11 is 0. The SMILES string of the molecule is O=c1ccc2ccc(N[C@H]3C(O)[C@H](O)C(CF)O[C@H]3O)cc2o1. The second-order valence-corrected chi connectivity index (χ2v) is 5.38. The molecule has 4 N–H and O–H groups in total. The normalized spacial score (nSPS) is 31.2. The molecule has 1 aliphatic heterocycles. The molecular formula is C15H16FNO6. The van der Waals surface area contributed by atoms with E-state index in [1.165, 1.54) is 12.1 Å². The van der Waals surface area contributed by atoms with Crippen LogP contribution in [0.4, 0.5) is 10.1 Å². The van der Waals surface area contributed by atoms with E-state index >= 15 is 0 Å². The molecule has 124 valence electrons. The van der Waals surface area contributed by atoms with Gasteiger partial charge >= 0.3 is 5.63 Å². The van der Waals surface area contributed by atoms with E-state index in [2.05, 4.69) is 5.32 Å². The first kappa shape index (κ1) is 15.9. The molecule has 1 fully saturated rings. The molecule has 0 saturated carbocycles. The zero-order valence-electron chi connectivity index (χ0n) is 11.9. The number of halogens is 1. The molecule has 5 atom stereocenters. The number of benzene rings is 1. The van der Waals surface area contributed by atoms with E-state index in [9.17, 15) is 24.5 Å². The minimum atomic E-state index is -1.51. The Kier molecular flexibility index (Phi) is 4.31. The number of fused-ring (bicyclic) bond motifs is 1. The number of hydrogen-bond acceptors (Lipinski definition) is 7. The number of aliphatic hydroxyl groups is 3. The van der Waals surface area contributed by atoms with Gasteiger partial charge in [-0.1, -0.05) is 0 Å². The van der Waals surface area contributed by atoms with Crippen LogP contribution in [0, 0.1) is 0 Å². The standard InChI is InChI=1S/C15H16FNO6/c16-6-10-13(19)14(20)12(15(21)23-10)17-8-3-1-7-2-4-11(18)22-9(7)5-8/h1-5,10,12-15,17,19-21H,6H2/t10?,12-,13+,14?,15+/m0/s1. The maximum atomic E-state index is 12.7. The molecule has 8 heteroatoms. The number of nitrogens with one attached hydrogen (secondary N) is 1. The summed E-state index contributed by atoms with van der Waals surface area (Å²) in [4.78, 5) is 11.2. The van der Waals surface area contributed by atoms with Crippen LogP contribution in [0.3, 0.4) is 0 Å². The number of alkyl halides is 1. The fourth-order valence-electron chi connectivity index (χ4n) is 2.57. The molecule has 23 heavy (non-hydrogen) atoms. The highest BCUT2D eigenvalue weighted by atomic mass is 19.1. The van der Waals surface area contributed by atoms with Gasteiger partial charge < -0.3 is 29.8 Å². The van der Waals surface area contributed by atoms with Gasteiger partial charge in [-0.3, -0.25) is 0 Å². The summed E-state index contributed by atoms with van der Waals surface area (Å²) in [6.07, 6.45) is -5.70. The van der Waals surface area contributed by atoms with Gasteiger partial charge in [0, 0.05) is 23.2 Å². The zero-order chi connectivity index (χ0) is 16.6. The van der Waals surface area contributed by atoms with Gasteiger partial charge in [-0.2, -0.15) is 0 Å². The van der Waals surface area contributed by atoms with Crippen LogP contribution in [-0.2, 0) is 4.74 Å². The first-order valence-corrected chi connectivity index (χ1v) is 7.05. The lowest BCUT2D eigenvalue weighted by Gasteiger charge is -2.40. The summed E-state index contributed by atoms with van der Waals surface area (Å²) in [5, 5.41) is 33.2. The van der Waals surface area contributed by atoms with Crippen LogP contribution < -0.4 is 10.9 Å². The Bertz CT molecular complexity index is 750. The van der Waals surface area contributed by atoms with Crippen molar-refractivity contribution in [2.75, 3.05) is 12.0 Å². The van der Waals surface area contributed by atoms with Crippen molar-refractivity contribution < 1.29 is 28.9 Å². The van der Waals surface area contributed by atoms with Crippen LogP contribution in [0.2, 0.25) is 0 Å². The number of ether oxygens (including phenoxy) is 1. The maximum Gasteiger partial charge on any atom is 0.336 e. The molecule has 2 aromatic rings. The van der Waals surface area contributed by atoms with Crippen LogP contribution in [0.1, 0.15) is 0 Å². The van der Waals surface area contributed by atoms with Crippen molar-refractivity contribution in [2.24, 2.45) is 0 Å². The second-order valence-electron chi connectivity index (χ2n) is 5.38. The lowest BCUT2D eigenvalue weighted by Crippen LogP contribution is -2.60. The highest BCUT2D eigenvalue weighted by molar-refractivity contribution is 5.80. The lowest BCUT2D eigenvalue weighted by atomic mass is 9.97. The number of anilines is 1. The van der Waals surface area contributed by atoms with Crippen molar-refractivity contribution in [3.63, 3.8) is 0 Å². The highest BCUT2D eigenvalue weighted by Crippen LogP contribution is 2.25. The molecule has 1 aromatic carbocycles. The van der Waals surface area contributed by atoms with Crippen molar-refractivity contribution in [1.82, 2.24) is 0 Å². The van der Waals surface area contributed by atoms with Gasteiger partial charge in [0.2, 0.25) is 0 Å². The molecule has 2 heterocycles. The van der Waals surface area contributed by atoms with E-state index in [1.54, 1.807) is 18.2 Å². The topological polar surface area (TPSA) is 112 Å². The third-order valence-electron chi connectivity index (χ3n) is 3.83. The molecule has 0 amide bonds. The molecular weight excluding hydrogens is 309 g/mol. The van der Waals surface area contributed by atoms with Crippen LogP contribution in [0.15, 0.2) is 39.5 Å². The van der Waals surface area contributed by atoms with Crippen LogP contribution in [0.5, 0.6) is 0 Å². The van der Waals surface area contributed by atoms with Crippen molar-refractivity contribution in [1.29, 1.82) is 0 Å². The van der Waals surface area contributed by atoms with Gasteiger partial charge in [0.1, 0.15) is 36.6 Å². The van der Waals surface area contributed by atoms with E-state index in [-0.39, 0.29) is 0 Å². The number of rotatable bonds is 3. The monoisotopic (exact) mass is 325 g/mol. The first-order chi connectivity index (χ1) is 11.0. The fraction of sp³-hybridized carbons (Fsp3) is 0.400. The summed E-state index contributed by atoms with van der Waals surface area (Å²) in [6, 6.07) is 6.68. The number of aliphatic hydroxyl groups excluding tert-OH is 3. The summed E-state index contributed by atoms with van der Waals surface area (Å²) in [7, 11) is 0. The van der Waals surface area contributed by atoms with Crippen molar-refractivity contribution in [2.45, 2.75) is 30.6 Å². The largest absolute Gasteiger partial charge is 0.423 e. The quantitative estimate of drug-likeness (QED) is 0.587. The Hall–Kier alpha value is -2.00. The van der Waals surface area contributed by atoms with Gasteiger partial charge in [0.25, 0.3) is 0 Å². The van der Waals surface area contributed by atoms with Gasteiger partial charge in [-0.15, -0.1) is 0 Å². The molecule has 0 spiro atoms. The minimum absolute atomic E-state index is 0.324. The van der Waals surface area contributed by atoms with Crippen LogP contribution in [-0.4, -0.2) is 52.6 Å². The summed E-state index contributed by atoms with van der Waals surface area (Å²) in [5.74, 6) is 0. The van der Waals surface area contributed by atoms with E-state index in [1.807, 2.05) is 0 Å². The van der Waals surface area contributed by atoms with Crippen LogP contribution >= 0.6 is 0 Å². The summed E-state index contributed by atoms with van der Waals surface area (Å²) in [6.45, 7) is -1.02. The molecule has 1 aliphatic rings. The molecule has 3 rings (SSSR count). The van der Waals surface area contributed by atoms with Gasteiger partial charge in [-0.25, -0.2) is 9.18 Å². The predicted molar refractivity (Wildman–Crippen MR) is 78.8 cm³/mol. The molecule has 2 unspecified atom stereocenters. The smallest absolute Gasteiger partial charge is 0.336 e. The summed E-state index contributed by atoms with van der Waals surface area (Å²) < 4.78 is 22.7. The Morgan fingerprint density at radius 1 is 1.13 bits per heavy atom. The third kappa shape index (κ3) is 3.06. The molecule has 7 nitrogen and oxygen atoms in total. The third-order valence-corrected chi connectivity index (χ3v) is 3.83. The van der Waals surface area contributed by atoms with Gasteiger partial charge in [0.05, 0.1) is 0 Å². The van der Waals surface area contributed by atoms with Crippen molar-refractivity contribution >= 4 is 16.7 Å². The fourth-order valence-corrected chi connectivity index (χ4v) is 2.57. The minimum Gasteiger partial charge on any atom is -0.423 e. The Balaban J connectivity index is 1.84. The number of hydrogen-bond donors (Lipinski definition) is 4. The van der Waals surface area contributed by atoms with E-state index < -0.39 is 42.9 Å². The van der Waals surface area contributed by atoms with E-state index in [4.69, 9.17) is 9.15 Å². The van der Waals surface area contributed by atoms with Crippen molar-refractivity contribution in [3.05, 3.63) is 40.8 Å². The molecule has 0 bridgehead atoms. The molecule has 0 aliphatic carbocycles. The van der Waals surface area contributed by atoms with Gasteiger partial charge in [-0.05, 0) is 18.2 Å². The maximum absolute atomic E-state index is 12.7. The van der Waals surface area contributed by atoms with E-state index in [0.717, 1.165) is 0 Å². The van der Waals surface area contributed by atoms with Crippen molar-refractivity contribution in [3.8, 4) is 0 Å². The first-order valence-electron chi connectivity index (χ1n) is 7.05. The zero-order valence-corrected chi connectivity index (χ0v) is 11.9. The lowest BCUT2D eigenvalue weighted by molar-refractivity contribution is -0.240. The van der Waals surface area contributed by atoms with Crippen LogP contribution in [0.25, 0.3) is 11.0 Å². The summed E-state index contributed by atoms with van der Waals surface area (Å²) in [5.41, 5.74) is 0.256. The Morgan fingerprint density at radius 2 is 1.87 bits per heavy atom.